The predicted octanol–water partition coefficient (Wildman–Crippen LogP) is 4.60. The summed E-state index contributed by atoms with van der Waals surface area (Å²) in [5, 5.41) is 3.05. The van der Waals surface area contributed by atoms with E-state index in [0.717, 1.165) is 5.56 Å². The van der Waals surface area contributed by atoms with Crippen LogP contribution in [0.15, 0.2) is 59.5 Å². The summed E-state index contributed by atoms with van der Waals surface area (Å²) < 4.78 is 44.6. The van der Waals surface area contributed by atoms with Gasteiger partial charge in [-0.2, -0.15) is 0 Å². The number of benzene rings is 3. The summed E-state index contributed by atoms with van der Waals surface area (Å²) in [5.41, 5.74) is 2.37. The van der Waals surface area contributed by atoms with Crippen LogP contribution in [0.5, 0.6) is 11.5 Å². The van der Waals surface area contributed by atoms with Crippen LogP contribution in [-0.4, -0.2) is 47.2 Å². The minimum absolute atomic E-state index is 0.0391. The van der Waals surface area contributed by atoms with E-state index in [4.69, 9.17) is 25.8 Å². The summed E-state index contributed by atoms with van der Waals surface area (Å²) in [6.07, 6.45) is 0.133. The zero-order valence-electron chi connectivity index (χ0n) is 21.1. The lowest BCUT2D eigenvalue weighted by Gasteiger charge is -2.32. The van der Waals surface area contributed by atoms with Gasteiger partial charge < -0.3 is 19.5 Å². The van der Waals surface area contributed by atoms with E-state index in [1.807, 2.05) is 0 Å². The van der Waals surface area contributed by atoms with Gasteiger partial charge >= 0.3 is 5.97 Å². The highest BCUT2D eigenvalue weighted by Crippen LogP contribution is 2.41. The maximum Gasteiger partial charge on any atom is 0.310 e. The molecule has 1 aliphatic heterocycles. The van der Waals surface area contributed by atoms with Gasteiger partial charge in [0, 0.05) is 16.3 Å². The predicted molar refractivity (Wildman–Crippen MR) is 144 cm³/mol. The Bertz CT molecular complexity index is 1470. The Kier molecular flexibility index (Phi) is 8.13. The largest absolute Gasteiger partial charge is 0.495 e. The molecule has 0 atom stereocenters. The average Bonchev–Trinajstić information content (AvgIpc) is 2.89. The lowest BCUT2D eigenvalue weighted by atomic mass is 10.1. The molecule has 3 aromatic carbocycles. The number of ether oxygens (including phenoxy) is 3. The lowest BCUT2D eigenvalue weighted by molar-refractivity contribution is -0.142. The van der Waals surface area contributed by atoms with Crippen LogP contribution in [0.3, 0.4) is 0 Å². The second-order valence-corrected chi connectivity index (χ2v) is 10.8. The van der Waals surface area contributed by atoms with Crippen molar-refractivity contribution in [1.29, 1.82) is 0 Å². The third kappa shape index (κ3) is 5.71. The smallest absolute Gasteiger partial charge is 0.310 e. The summed E-state index contributed by atoms with van der Waals surface area (Å²) in [7, 11) is -2.72. The van der Waals surface area contributed by atoms with Crippen molar-refractivity contribution in [2.24, 2.45) is 0 Å². The van der Waals surface area contributed by atoms with Crippen LogP contribution in [0.25, 0.3) is 0 Å². The van der Waals surface area contributed by atoms with Crippen molar-refractivity contribution < 1.29 is 32.2 Å². The number of carbonyl (C=O) groups excluding carboxylic acids is 2. The second kappa shape index (κ2) is 11.3. The topological polar surface area (TPSA) is 111 Å². The number of amides is 1. The Morgan fingerprint density at radius 3 is 2.53 bits per heavy atom. The molecule has 0 radical (unpaired) electrons. The highest BCUT2D eigenvalue weighted by molar-refractivity contribution is 7.93. The minimum Gasteiger partial charge on any atom is -0.495 e. The quantitative estimate of drug-likeness (QED) is 0.402. The molecular weight excluding hydrogens is 532 g/mol. The molecule has 1 N–H and O–H groups in total. The number of nitrogens with zero attached hydrogens (tertiary/aromatic N) is 1. The SMILES string of the molecule is CCOC(=O)Cc1ccc(NC(=O)c2cc(C)c3c(c2)N(S(=O)(=O)c2cc(Cl)ccc2OC)CCO3)cc1. The van der Waals surface area contributed by atoms with Gasteiger partial charge in [-0.05, 0) is 67.4 Å². The third-order valence-corrected chi connectivity index (χ3v) is 7.96. The Morgan fingerprint density at radius 2 is 1.84 bits per heavy atom. The summed E-state index contributed by atoms with van der Waals surface area (Å²) >= 11 is 6.10. The van der Waals surface area contributed by atoms with Crippen LogP contribution < -0.4 is 19.1 Å². The normalized spacial score (nSPS) is 12.8. The number of carbonyl (C=O) groups is 2. The van der Waals surface area contributed by atoms with Gasteiger partial charge in [0.05, 0.1) is 32.4 Å². The Labute approximate surface area is 226 Å². The minimum atomic E-state index is -4.10. The van der Waals surface area contributed by atoms with Gasteiger partial charge in [0.25, 0.3) is 15.9 Å². The van der Waals surface area contributed by atoms with Crippen molar-refractivity contribution in [3.8, 4) is 11.5 Å². The first-order valence-corrected chi connectivity index (χ1v) is 13.7. The van der Waals surface area contributed by atoms with Crippen molar-refractivity contribution in [3.05, 3.63) is 76.3 Å². The van der Waals surface area contributed by atoms with Gasteiger partial charge in [-0.3, -0.25) is 13.9 Å². The fourth-order valence-electron chi connectivity index (χ4n) is 4.12. The van der Waals surface area contributed by atoms with Crippen molar-refractivity contribution in [1.82, 2.24) is 0 Å². The van der Waals surface area contributed by atoms with Crippen LogP contribution in [0.4, 0.5) is 11.4 Å². The highest BCUT2D eigenvalue weighted by Gasteiger charge is 2.34. The molecule has 0 unspecified atom stereocenters. The number of nitrogens with one attached hydrogen (secondary N) is 1. The molecule has 0 aromatic heterocycles. The van der Waals surface area contributed by atoms with E-state index >= 15 is 0 Å². The van der Waals surface area contributed by atoms with Crippen molar-refractivity contribution >= 4 is 44.9 Å². The van der Waals surface area contributed by atoms with Gasteiger partial charge in [-0.15, -0.1) is 0 Å². The molecule has 200 valence electrons. The van der Waals surface area contributed by atoms with E-state index in [1.54, 1.807) is 50.2 Å². The molecule has 4 rings (SSSR count). The molecule has 1 heterocycles. The van der Waals surface area contributed by atoms with Gasteiger partial charge in [0.2, 0.25) is 0 Å². The molecule has 0 saturated heterocycles. The summed E-state index contributed by atoms with van der Waals surface area (Å²) in [6, 6.07) is 14.3. The van der Waals surface area contributed by atoms with Crippen molar-refractivity contribution in [2.45, 2.75) is 25.2 Å². The molecule has 0 saturated carbocycles. The maximum absolute atomic E-state index is 13.7. The number of sulfonamides is 1. The van der Waals surface area contributed by atoms with E-state index in [2.05, 4.69) is 5.32 Å². The van der Waals surface area contributed by atoms with E-state index in [0.29, 0.717) is 23.6 Å². The first-order valence-electron chi connectivity index (χ1n) is 11.8. The lowest BCUT2D eigenvalue weighted by Crippen LogP contribution is -2.38. The molecule has 0 spiro atoms. The number of halogens is 1. The molecule has 9 nitrogen and oxygen atoms in total. The van der Waals surface area contributed by atoms with Crippen LogP contribution in [0.1, 0.15) is 28.4 Å². The van der Waals surface area contributed by atoms with E-state index in [9.17, 15) is 18.0 Å². The number of aryl methyl sites for hydroxylation is 1. The summed E-state index contributed by atoms with van der Waals surface area (Å²) in [6.45, 7) is 3.98. The molecule has 0 aliphatic carbocycles. The van der Waals surface area contributed by atoms with E-state index < -0.39 is 15.9 Å². The molecule has 3 aromatic rings. The van der Waals surface area contributed by atoms with Crippen LogP contribution >= 0.6 is 11.6 Å². The second-order valence-electron chi connectivity index (χ2n) is 8.50. The molecule has 1 aliphatic rings. The van der Waals surface area contributed by atoms with Crippen molar-refractivity contribution in [3.63, 3.8) is 0 Å². The Morgan fingerprint density at radius 1 is 1.11 bits per heavy atom. The molecule has 0 bridgehead atoms. The summed E-state index contributed by atoms with van der Waals surface area (Å²) in [4.78, 5) is 24.7. The molecule has 38 heavy (non-hydrogen) atoms. The fourth-order valence-corrected chi connectivity index (χ4v) is 5.98. The zero-order valence-corrected chi connectivity index (χ0v) is 22.7. The van der Waals surface area contributed by atoms with Gasteiger partial charge in [-0.25, -0.2) is 8.42 Å². The third-order valence-electron chi connectivity index (χ3n) is 5.89. The number of rotatable bonds is 8. The molecule has 0 fully saturated rings. The average molecular weight is 559 g/mol. The monoisotopic (exact) mass is 558 g/mol. The zero-order chi connectivity index (χ0) is 27.4. The molecule has 1 amide bonds. The van der Waals surface area contributed by atoms with Crippen LogP contribution in [-0.2, 0) is 26.0 Å². The molecular formula is C27H27ClN2O7S. The number of methoxy groups -OCH3 is 1. The number of hydrogen-bond donors (Lipinski definition) is 1. The standard InChI is InChI=1S/C27H27ClN2O7S/c1-4-36-25(31)14-18-5-8-21(9-6-18)29-27(32)19-13-17(2)26-22(15-19)30(11-12-37-26)38(33,34)24-16-20(28)7-10-23(24)35-3/h5-10,13,15-16H,4,11-12,14H2,1-3H3,(H,29,32). The summed E-state index contributed by atoms with van der Waals surface area (Å²) in [5.74, 6) is -0.233. The van der Waals surface area contributed by atoms with Crippen LogP contribution in [0, 0.1) is 6.92 Å². The van der Waals surface area contributed by atoms with Gasteiger partial charge in [0.1, 0.15) is 23.0 Å². The molecule has 11 heteroatoms. The Balaban J connectivity index is 1.62. The first kappa shape index (κ1) is 27.3. The highest BCUT2D eigenvalue weighted by atomic mass is 35.5. The number of hydrogen-bond acceptors (Lipinski definition) is 7. The number of esters is 1. The number of fused-ring (bicyclic) bond motifs is 1. The van der Waals surface area contributed by atoms with Gasteiger partial charge in [-0.1, -0.05) is 23.7 Å². The fraction of sp³-hybridized carbons (Fsp3) is 0.259. The van der Waals surface area contributed by atoms with Crippen LogP contribution in [0.2, 0.25) is 5.02 Å². The number of anilines is 2. The Hall–Kier alpha value is -3.76. The van der Waals surface area contributed by atoms with Crippen molar-refractivity contribution in [2.75, 3.05) is 36.5 Å². The van der Waals surface area contributed by atoms with E-state index in [1.165, 1.54) is 29.6 Å². The first-order chi connectivity index (χ1) is 18.1. The maximum atomic E-state index is 13.7. The van der Waals surface area contributed by atoms with Gasteiger partial charge in [0.15, 0.2) is 0 Å². The van der Waals surface area contributed by atoms with E-state index in [-0.39, 0.29) is 52.5 Å².